The summed E-state index contributed by atoms with van der Waals surface area (Å²) in [5.74, 6) is -1.21. The van der Waals surface area contributed by atoms with Crippen LogP contribution in [0.5, 0.6) is 5.75 Å². The van der Waals surface area contributed by atoms with Gasteiger partial charge in [0.05, 0.1) is 12.7 Å². The topological polar surface area (TPSA) is 131 Å². The molecule has 0 unspecified atom stereocenters. The fourth-order valence-electron chi connectivity index (χ4n) is 3.18. The van der Waals surface area contributed by atoms with E-state index >= 15 is 0 Å². The van der Waals surface area contributed by atoms with Crippen LogP contribution in [-0.2, 0) is 14.3 Å². The van der Waals surface area contributed by atoms with Crippen molar-refractivity contribution >= 4 is 18.0 Å². The first kappa shape index (κ1) is 26.6. The number of carboxylic acid groups (broad SMARTS) is 1. The molecule has 0 spiro atoms. The Balaban J connectivity index is 2.24. The molecule has 2 aromatic carbocycles. The highest BCUT2D eigenvalue weighted by atomic mass is 16.6. The van der Waals surface area contributed by atoms with Gasteiger partial charge < -0.3 is 24.4 Å². The molecule has 0 aliphatic heterocycles. The first-order chi connectivity index (χ1) is 16.4. The summed E-state index contributed by atoms with van der Waals surface area (Å²) in [6.45, 7) is 2.04. The Hall–Kier alpha value is -3.69. The maximum absolute atomic E-state index is 12.6. The molecule has 3 N–H and O–H groups in total. The summed E-state index contributed by atoms with van der Waals surface area (Å²) in [5.41, 5.74) is 0.856. The number of amides is 2. The maximum atomic E-state index is 12.6. The molecule has 0 fully saturated rings. The third-order valence-electron chi connectivity index (χ3n) is 4.63. The van der Waals surface area contributed by atoms with E-state index in [1.807, 2.05) is 0 Å². The summed E-state index contributed by atoms with van der Waals surface area (Å²) in [7, 11) is 0. The van der Waals surface area contributed by atoms with Gasteiger partial charge in [-0.15, -0.1) is 0 Å². The van der Waals surface area contributed by atoms with E-state index in [-0.39, 0.29) is 13.2 Å². The molecule has 0 bridgehead atoms. The number of allylic oxidation sites excluding steroid dienone is 1. The highest BCUT2D eigenvalue weighted by Gasteiger charge is 2.28. The van der Waals surface area contributed by atoms with Crippen LogP contribution < -0.4 is 10.1 Å². The average molecular weight is 472 g/mol. The number of ether oxygens (including phenoxy) is 3. The van der Waals surface area contributed by atoms with Crippen molar-refractivity contribution in [3.8, 4) is 5.75 Å². The number of carboxylic acids is 1. The van der Waals surface area contributed by atoms with E-state index in [4.69, 9.17) is 24.4 Å². The van der Waals surface area contributed by atoms with Crippen molar-refractivity contribution in [1.29, 1.82) is 0 Å². The molecule has 0 aromatic heterocycles. The molecular weight excluding hydrogens is 442 g/mol. The Morgan fingerprint density at radius 3 is 2.53 bits per heavy atom. The summed E-state index contributed by atoms with van der Waals surface area (Å²) < 4.78 is 16.9. The minimum atomic E-state index is -1.06. The first-order valence-corrected chi connectivity index (χ1v) is 10.9. The number of hydrogen-bond donors (Lipinski definition) is 3. The van der Waals surface area contributed by atoms with Crippen LogP contribution in [0.25, 0.3) is 0 Å². The van der Waals surface area contributed by atoms with Crippen LogP contribution in [-0.4, -0.2) is 54.1 Å². The molecule has 2 amide bonds. The van der Waals surface area contributed by atoms with Gasteiger partial charge in [-0.1, -0.05) is 36.4 Å². The number of carbonyl (C=O) groups excluding carboxylic acids is 2. The first-order valence-electron chi connectivity index (χ1n) is 10.9. The zero-order valence-corrected chi connectivity index (χ0v) is 18.9. The number of aliphatic carboxylic acids is 1. The molecule has 2 aromatic rings. The third kappa shape index (κ3) is 9.05. The number of aliphatic hydroxyl groups excluding tert-OH is 1. The van der Waals surface area contributed by atoms with E-state index in [0.29, 0.717) is 36.3 Å². The molecule has 2 atom stereocenters. The van der Waals surface area contributed by atoms with Crippen LogP contribution in [0.2, 0.25) is 0 Å². The van der Waals surface area contributed by atoms with E-state index in [1.165, 1.54) is 6.08 Å². The van der Waals surface area contributed by atoms with Crippen LogP contribution in [0.3, 0.4) is 0 Å². The fraction of sp³-hybridized carbons (Fsp3) is 0.320. The smallest absolute Gasteiger partial charge is 0.414 e. The highest BCUT2D eigenvalue weighted by Crippen LogP contribution is 2.29. The number of nitrogens with one attached hydrogen (secondary N) is 1. The van der Waals surface area contributed by atoms with Crippen molar-refractivity contribution in [2.24, 2.45) is 0 Å². The van der Waals surface area contributed by atoms with Gasteiger partial charge in [-0.05, 0) is 49.6 Å². The number of benzene rings is 2. The quantitative estimate of drug-likeness (QED) is 0.378. The van der Waals surface area contributed by atoms with Gasteiger partial charge in [-0.3, -0.25) is 10.1 Å². The molecule has 2 rings (SSSR count). The van der Waals surface area contributed by atoms with Crippen molar-refractivity contribution in [2.45, 2.75) is 32.0 Å². The summed E-state index contributed by atoms with van der Waals surface area (Å²) in [4.78, 5) is 35.7. The number of imide groups is 1. The number of rotatable bonds is 13. The minimum absolute atomic E-state index is 0.0932. The Bertz CT molecular complexity index is 960. The van der Waals surface area contributed by atoms with Gasteiger partial charge in [-0.2, -0.15) is 0 Å². The van der Waals surface area contributed by atoms with E-state index < -0.39 is 30.2 Å². The van der Waals surface area contributed by atoms with Gasteiger partial charge in [0.15, 0.2) is 6.10 Å². The van der Waals surface area contributed by atoms with Gasteiger partial charge >= 0.3 is 12.1 Å². The SMILES string of the molecule is CCO[C@@H](CC/C=C/C(=O)O)[C@@H](OC(=O)NC(=O)c1ccccc1)c1cccc(OCCO)c1. The Labute approximate surface area is 198 Å². The van der Waals surface area contributed by atoms with E-state index in [2.05, 4.69) is 5.32 Å². The summed E-state index contributed by atoms with van der Waals surface area (Å²) in [5, 5.41) is 20.0. The molecule has 0 aliphatic rings. The molecule has 34 heavy (non-hydrogen) atoms. The van der Waals surface area contributed by atoms with Crippen LogP contribution in [0, 0.1) is 0 Å². The van der Waals surface area contributed by atoms with E-state index in [0.717, 1.165) is 6.08 Å². The van der Waals surface area contributed by atoms with Crippen LogP contribution in [0.4, 0.5) is 4.79 Å². The molecule has 9 heteroatoms. The highest BCUT2D eigenvalue weighted by molar-refractivity contribution is 6.02. The molecule has 9 nitrogen and oxygen atoms in total. The molecule has 0 radical (unpaired) electrons. The fourth-order valence-corrected chi connectivity index (χ4v) is 3.18. The summed E-state index contributed by atoms with van der Waals surface area (Å²) in [6.07, 6.45) is 0.741. The average Bonchev–Trinajstić information content (AvgIpc) is 2.84. The molecule has 0 saturated heterocycles. The second-order valence-corrected chi connectivity index (χ2v) is 7.10. The lowest BCUT2D eigenvalue weighted by atomic mass is 10.00. The van der Waals surface area contributed by atoms with Crippen LogP contribution in [0.15, 0.2) is 66.7 Å². The Kier molecular flexibility index (Phi) is 11.3. The predicted octanol–water partition coefficient (Wildman–Crippen LogP) is 3.49. The lowest BCUT2D eigenvalue weighted by Crippen LogP contribution is -2.35. The normalized spacial score (nSPS) is 12.6. The second-order valence-electron chi connectivity index (χ2n) is 7.10. The van der Waals surface area contributed by atoms with Crippen molar-refractivity contribution in [2.75, 3.05) is 19.8 Å². The molecule has 0 saturated carbocycles. The Morgan fingerprint density at radius 1 is 1.09 bits per heavy atom. The zero-order valence-electron chi connectivity index (χ0n) is 18.9. The van der Waals surface area contributed by atoms with Crippen molar-refractivity contribution in [3.63, 3.8) is 0 Å². The van der Waals surface area contributed by atoms with E-state index in [1.54, 1.807) is 61.5 Å². The lowest BCUT2D eigenvalue weighted by molar-refractivity contribution is -0.131. The summed E-state index contributed by atoms with van der Waals surface area (Å²) in [6, 6.07) is 15.0. The molecule has 0 aliphatic carbocycles. The van der Waals surface area contributed by atoms with Crippen LogP contribution >= 0.6 is 0 Å². The molecular formula is C25H29NO8. The van der Waals surface area contributed by atoms with Gasteiger partial charge in [0, 0.05) is 18.2 Å². The van der Waals surface area contributed by atoms with Gasteiger partial charge in [0.2, 0.25) is 0 Å². The largest absolute Gasteiger partial charge is 0.491 e. The van der Waals surface area contributed by atoms with Gasteiger partial charge in [0.25, 0.3) is 5.91 Å². The van der Waals surface area contributed by atoms with Crippen molar-refractivity contribution < 1.29 is 38.8 Å². The predicted molar refractivity (Wildman–Crippen MR) is 124 cm³/mol. The monoisotopic (exact) mass is 471 g/mol. The van der Waals surface area contributed by atoms with Crippen molar-refractivity contribution in [3.05, 3.63) is 77.9 Å². The number of carbonyl (C=O) groups is 3. The van der Waals surface area contributed by atoms with Crippen LogP contribution in [0.1, 0.15) is 41.8 Å². The number of aliphatic hydroxyl groups is 1. The van der Waals surface area contributed by atoms with Crippen molar-refractivity contribution in [1.82, 2.24) is 5.32 Å². The lowest BCUT2D eigenvalue weighted by Gasteiger charge is -2.27. The number of hydrogen-bond acceptors (Lipinski definition) is 7. The van der Waals surface area contributed by atoms with E-state index in [9.17, 15) is 14.4 Å². The standard InChI is InChI=1S/C25H29NO8/c1-2-32-21(13-6-7-14-22(28)29)23(19-11-8-12-20(17-19)33-16-15-27)34-25(31)26-24(30)18-9-4-3-5-10-18/h3-5,7-12,14,17,21,23,27H,2,6,13,15-16H2,1H3,(H,28,29)(H,26,30,31)/b14-7+/t21-,23-/m0/s1. The Morgan fingerprint density at radius 2 is 1.85 bits per heavy atom. The second kappa shape index (κ2) is 14.5. The minimum Gasteiger partial charge on any atom is -0.491 e. The summed E-state index contributed by atoms with van der Waals surface area (Å²) >= 11 is 0. The molecule has 0 heterocycles. The molecule has 182 valence electrons. The third-order valence-corrected chi connectivity index (χ3v) is 4.63. The number of alkyl carbamates (subject to hydrolysis) is 1. The van der Waals surface area contributed by atoms with Gasteiger partial charge in [0.1, 0.15) is 12.4 Å². The van der Waals surface area contributed by atoms with Gasteiger partial charge in [-0.25, -0.2) is 9.59 Å². The maximum Gasteiger partial charge on any atom is 0.414 e. The zero-order chi connectivity index (χ0) is 24.8.